The van der Waals surface area contributed by atoms with E-state index in [2.05, 4.69) is 0 Å². The number of hydrogen-bond acceptors (Lipinski definition) is 1. The highest BCUT2D eigenvalue weighted by Gasteiger charge is 2.33. The third-order valence-corrected chi connectivity index (χ3v) is 5.63. The second-order valence-electron chi connectivity index (χ2n) is 7.35. The Morgan fingerprint density at radius 2 is 1.65 bits per heavy atom. The molecule has 0 radical (unpaired) electrons. The van der Waals surface area contributed by atoms with E-state index in [4.69, 9.17) is 16.6 Å². The van der Waals surface area contributed by atoms with E-state index in [-0.39, 0.29) is 12.0 Å². The topological polar surface area (TPSA) is 17.3 Å². The molecule has 2 nitrogen and oxygen atoms in total. The van der Waals surface area contributed by atoms with Gasteiger partial charge < -0.3 is 4.40 Å². The number of aromatic nitrogens is 2. The molecule has 0 saturated heterocycles. The fraction of sp³-hybridized carbons (Fsp3) is 0.0800. The van der Waals surface area contributed by atoms with Crippen molar-refractivity contribution >= 4 is 28.0 Å². The third kappa shape index (κ3) is 3.55. The molecule has 2 aromatic heterocycles. The molecule has 3 aromatic carbocycles. The van der Waals surface area contributed by atoms with Crippen LogP contribution in [0.3, 0.4) is 0 Å². The van der Waals surface area contributed by atoms with Crippen LogP contribution in [0.1, 0.15) is 16.8 Å². The fourth-order valence-corrected chi connectivity index (χ4v) is 4.18. The minimum atomic E-state index is -4.43. The Bertz CT molecular complexity index is 1420. The molecule has 0 saturated carbocycles. The Balaban J connectivity index is 1.79. The van der Waals surface area contributed by atoms with E-state index >= 15 is 0 Å². The summed E-state index contributed by atoms with van der Waals surface area (Å²) in [7, 11) is 0. The molecule has 0 spiro atoms. The number of imidazole rings is 1. The second-order valence-corrected chi connectivity index (χ2v) is 7.78. The van der Waals surface area contributed by atoms with Crippen LogP contribution in [0.5, 0.6) is 0 Å². The molecular formula is C25H16ClF3N2. The first-order valence-electron chi connectivity index (χ1n) is 9.71. The van der Waals surface area contributed by atoms with Crippen molar-refractivity contribution in [3.8, 4) is 11.3 Å². The molecule has 6 heteroatoms. The molecule has 0 unspecified atom stereocenters. The van der Waals surface area contributed by atoms with Crippen molar-refractivity contribution in [1.29, 1.82) is 0 Å². The van der Waals surface area contributed by atoms with E-state index < -0.39 is 11.7 Å². The van der Waals surface area contributed by atoms with Crippen LogP contribution in [0.25, 0.3) is 27.7 Å². The van der Waals surface area contributed by atoms with Gasteiger partial charge in [0.25, 0.3) is 0 Å². The molecule has 154 valence electrons. The van der Waals surface area contributed by atoms with Crippen LogP contribution < -0.4 is 0 Å². The van der Waals surface area contributed by atoms with E-state index in [0.717, 1.165) is 22.4 Å². The smallest absolute Gasteiger partial charge is 0.303 e. The van der Waals surface area contributed by atoms with Gasteiger partial charge in [-0.2, -0.15) is 13.2 Å². The highest BCUT2D eigenvalue weighted by Crippen LogP contribution is 2.36. The maximum absolute atomic E-state index is 13.6. The predicted octanol–water partition coefficient (Wildman–Crippen LogP) is 7.42. The minimum Gasteiger partial charge on any atom is -0.303 e. The zero-order chi connectivity index (χ0) is 21.6. The Hall–Kier alpha value is -3.31. The minimum absolute atomic E-state index is 0.0804. The highest BCUT2D eigenvalue weighted by molar-refractivity contribution is 6.30. The van der Waals surface area contributed by atoms with Crippen molar-refractivity contribution in [1.82, 2.24) is 9.38 Å². The lowest BCUT2D eigenvalue weighted by molar-refractivity contribution is -0.138. The summed E-state index contributed by atoms with van der Waals surface area (Å²) in [6, 6.07) is 22.7. The average molecular weight is 437 g/mol. The van der Waals surface area contributed by atoms with Gasteiger partial charge in [0.2, 0.25) is 0 Å². The van der Waals surface area contributed by atoms with E-state index in [1.54, 1.807) is 18.2 Å². The number of hydrogen-bond donors (Lipinski definition) is 0. The number of alkyl halides is 3. The Kier molecular flexibility index (Phi) is 4.71. The maximum Gasteiger partial charge on any atom is 0.416 e. The van der Waals surface area contributed by atoms with Crippen molar-refractivity contribution in [3.63, 3.8) is 0 Å². The van der Waals surface area contributed by atoms with Crippen LogP contribution in [0.15, 0.2) is 85.1 Å². The van der Waals surface area contributed by atoms with Crippen LogP contribution in [0, 0.1) is 0 Å². The van der Waals surface area contributed by atoms with Crippen LogP contribution in [-0.4, -0.2) is 9.38 Å². The summed E-state index contributed by atoms with van der Waals surface area (Å²) in [6.45, 7) is 0. The summed E-state index contributed by atoms with van der Waals surface area (Å²) < 4.78 is 42.8. The molecule has 5 rings (SSSR count). The molecule has 5 aromatic rings. The van der Waals surface area contributed by atoms with Crippen LogP contribution in [-0.2, 0) is 12.6 Å². The van der Waals surface area contributed by atoms with Gasteiger partial charge in [0.15, 0.2) is 0 Å². The lowest BCUT2D eigenvalue weighted by Gasteiger charge is -2.13. The summed E-state index contributed by atoms with van der Waals surface area (Å²) in [5.74, 6) is 0. The number of nitrogens with zero attached hydrogens (tertiary/aromatic N) is 2. The Labute approximate surface area is 181 Å². The van der Waals surface area contributed by atoms with Crippen LogP contribution in [0.4, 0.5) is 13.2 Å². The molecule has 0 aliphatic rings. The molecule has 0 amide bonds. The van der Waals surface area contributed by atoms with Crippen molar-refractivity contribution in [2.75, 3.05) is 0 Å². The van der Waals surface area contributed by atoms with Crippen molar-refractivity contribution in [2.24, 2.45) is 0 Å². The molecule has 0 aliphatic carbocycles. The van der Waals surface area contributed by atoms with Crippen molar-refractivity contribution in [3.05, 3.63) is 107 Å². The largest absolute Gasteiger partial charge is 0.416 e. The lowest BCUT2D eigenvalue weighted by atomic mass is 9.99. The number of rotatable bonds is 3. The third-order valence-electron chi connectivity index (χ3n) is 5.39. The highest BCUT2D eigenvalue weighted by atomic mass is 35.5. The van der Waals surface area contributed by atoms with E-state index in [9.17, 15) is 13.2 Å². The molecule has 31 heavy (non-hydrogen) atoms. The number of pyridine rings is 1. The fourth-order valence-electron chi connectivity index (χ4n) is 3.98. The molecule has 0 N–H and O–H groups in total. The predicted molar refractivity (Wildman–Crippen MR) is 117 cm³/mol. The number of benzene rings is 3. The van der Waals surface area contributed by atoms with Gasteiger partial charge in [0.05, 0.1) is 17.0 Å². The quantitative estimate of drug-likeness (QED) is 0.287. The zero-order valence-corrected chi connectivity index (χ0v) is 17.0. The summed E-state index contributed by atoms with van der Waals surface area (Å²) in [6.07, 6.45) is -2.48. The lowest BCUT2D eigenvalue weighted by Crippen LogP contribution is -2.10. The van der Waals surface area contributed by atoms with Gasteiger partial charge >= 0.3 is 6.18 Å². The summed E-state index contributed by atoms with van der Waals surface area (Å²) >= 11 is 6.20. The summed E-state index contributed by atoms with van der Waals surface area (Å²) in [5.41, 5.74) is 2.33. The number of fused-ring (bicyclic) bond motifs is 3. The zero-order valence-electron chi connectivity index (χ0n) is 16.2. The second kappa shape index (κ2) is 7.43. The SMILES string of the molecule is FC(F)(F)c1ccccc1Cc1c(-c2cccc(Cl)c2)nc2c3ccccc3ccn12. The molecular weight excluding hydrogens is 421 g/mol. The van der Waals surface area contributed by atoms with E-state index in [1.165, 1.54) is 12.1 Å². The molecule has 2 heterocycles. The Morgan fingerprint density at radius 1 is 0.871 bits per heavy atom. The first-order chi connectivity index (χ1) is 14.9. The van der Waals surface area contributed by atoms with E-state index in [0.29, 0.717) is 22.1 Å². The monoisotopic (exact) mass is 436 g/mol. The summed E-state index contributed by atoms with van der Waals surface area (Å²) in [4.78, 5) is 4.86. The standard InChI is InChI=1S/C25H16ClF3N2/c26-19-9-5-8-18(14-19)23-22(15-17-7-2-4-11-21(17)25(27,28)29)31-13-12-16-6-1-3-10-20(16)24(31)30-23/h1-14H,15H2. The Morgan fingerprint density at radius 3 is 2.45 bits per heavy atom. The molecule has 0 atom stereocenters. The molecule has 0 fully saturated rings. The normalized spacial score (nSPS) is 12.0. The van der Waals surface area contributed by atoms with E-state index in [1.807, 2.05) is 53.1 Å². The molecule has 0 bridgehead atoms. The number of halogens is 4. The maximum atomic E-state index is 13.6. The van der Waals surface area contributed by atoms with Gasteiger partial charge in [-0.05, 0) is 35.2 Å². The first-order valence-corrected chi connectivity index (χ1v) is 10.1. The molecule has 0 aliphatic heterocycles. The van der Waals surface area contributed by atoms with Gasteiger partial charge in [-0.3, -0.25) is 0 Å². The van der Waals surface area contributed by atoms with Crippen molar-refractivity contribution < 1.29 is 13.2 Å². The van der Waals surface area contributed by atoms with Crippen LogP contribution in [0.2, 0.25) is 5.02 Å². The van der Waals surface area contributed by atoms with Crippen molar-refractivity contribution in [2.45, 2.75) is 12.6 Å². The first kappa shape index (κ1) is 19.6. The van der Waals surface area contributed by atoms with Gasteiger partial charge in [0.1, 0.15) is 5.65 Å². The van der Waals surface area contributed by atoms with Gasteiger partial charge in [-0.15, -0.1) is 0 Å². The summed E-state index contributed by atoms with van der Waals surface area (Å²) in [5, 5.41) is 2.49. The van der Waals surface area contributed by atoms with Gasteiger partial charge in [-0.1, -0.05) is 66.2 Å². The van der Waals surface area contributed by atoms with Crippen LogP contribution >= 0.6 is 11.6 Å². The van der Waals surface area contributed by atoms with Gasteiger partial charge in [0, 0.05) is 28.6 Å². The van der Waals surface area contributed by atoms with Gasteiger partial charge in [-0.25, -0.2) is 4.98 Å². The average Bonchev–Trinajstić information content (AvgIpc) is 3.12.